The molecule has 212 valence electrons. The Kier molecular flexibility index (Phi) is 10.2. The predicted octanol–water partition coefficient (Wildman–Crippen LogP) is 5.41. The molecule has 0 aromatic heterocycles. The summed E-state index contributed by atoms with van der Waals surface area (Å²) in [7, 11) is 0. The summed E-state index contributed by atoms with van der Waals surface area (Å²) in [5, 5.41) is 8.98. The molecule has 0 aliphatic rings. The number of anilines is 2. The smallest absolute Gasteiger partial charge is 0.343 e. The van der Waals surface area contributed by atoms with Crippen LogP contribution < -0.4 is 25.5 Å². The molecule has 0 bridgehead atoms. The van der Waals surface area contributed by atoms with Crippen molar-refractivity contribution >= 4 is 57.2 Å². The normalized spacial score (nSPS) is 10.5. The summed E-state index contributed by atoms with van der Waals surface area (Å²) in [5.41, 5.74) is 3.97. The van der Waals surface area contributed by atoms with Gasteiger partial charge in [0.05, 0.1) is 29.6 Å². The van der Waals surface area contributed by atoms with Gasteiger partial charge < -0.3 is 20.1 Å². The van der Waals surface area contributed by atoms with Crippen LogP contribution in [0.25, 0.3) is 0 Å². The Bertz CT molecular complexity index is 1620. The molecule has 0 aliphatic carbocycles. The third-order valence-corrected chi connectivity index (χ3v) is 6.07. The van der Waals surface area contributed by atoms with Crippen LogP contribution >= 0.6 is 15.9 Å². The molecule has 0 unspecified atom stereocenters. The molecule has 0 heterocycles. The summed E-state index contributed by atoms with van der Waals surface area (Å²) < 4.78 is 11.5. The number of amides is 3. The summed E-state index contributed by atoms with van der Waals surface area (Å²) in [6.45, 7) is 2.40. The quantitative estimate of drug-likeness (QED) is 0.0746. The Morgan fingerprint density at radius 2 is 1.52 bits per heavy atom. The van der Waals surface area contributed by atoms with Crippen molar-refractivity contribution in [3.05, 3.63) is 118 Å². The van der Waals surface area contributed by atoms with E-state index in [4.69, 9.17) is 9.47 Å². The van der Waals surface area contributed by atoms with Crippen molar-refractivity contribution in [2.24, 2.45) is 5.10 Å². The topological polar surface area (TPSA) is 135 Å². The monoisotopic (exact) mass is 628 g/mol. The second kappa shape index (κ2) is 14.4. The van der Waals surface area contributed by atoms with E-state index in [0.29, 0.717) is 34.9 Å². The minimum Gasteiger partial charge on any atom is -0.494 e. The first-order valence-electron chi connectivity index (χ1n) is 12.7. The van der Waals surface area contributed by atoms with E-state index in [-0.39, 0.29) is 11.3 Å². The zero-order valence-corrected chi connectivity index (χ0v) is 23.9. The number of ether oxygens (including phenoxy) is 2. The molecule has 0 aliphatic heterocycles. The van der Waals surface area contributed by atoms with E-state index < -0.39 is 23.7 Å². The average molecular weight is 629 g/mol. The lowest BCUT2D eigenvalue weighted by molar-refractivity contribution is -0.136. The molecule has 0 saturated heterocycles. The average Bonchev–Trinajstić information content (AvgIpc) is 2.99. The number of para-hydroxylation sites is 1. The fourth-order valence-corrected chi connectivity index (χ4v) is 3.99. The Hall–Kier alpha value is -5.29. The van der Waals surface area contributed by atoms with Gasteiger partial charge in [0.15, 0.2) is 0 Å². The van der Waals surface area contributed by atoms with Crippen molar-refractivity contribution in [2.45, 2.75) is 6.92 Å². The van der Waals surface area contributed by atoms with Gasteiger partial charge in [-0.2, -0.15) is 5.10 Å². The number of hydrazone groups is 1. The second-order valence-electron chi connectivity index (χ2n) is 8.58. The predicted molar refractivity (Wildman–Crippen MR) is 162 cm³/mol. The largest absolute Gasteiger partial charge is 0.494 e. The van der Waals surface area contributed by atoms with Crippen LogP contribution in [0.1, 0.15) is 33.2 Å². The molecule has 0 fully saturated rings. The molecule has 11 heteroatoms. The Morgan fingerprint density at radius 1 is 0.810 bits per heavy atom. The molecule has 3 amide bonds. The molecule has 0 radical (unpaired) electrons. The number of nitrogens with zero attached hydrogens (tertiary/aromatic N) is 1. The van der Waals surface area contributed by atoms with Gasteiger partial charge in [-0.15, -0.1) is 0 Å². The van der Waals surface area contributed by atoms with Crippen LogP contribution in [0.2, 0.25) is 0 Å². The van der Waals surface area contributed by atoms with Crippen LogP contribution in [0.3, 0.4) is 0 Å². The second-order valence-corrected chi connectivity index (χ2v) is 9.49. The zero-order chi connectivity index (χ0) is 29.9. The van der Waals surface area contributed by atoms with Crippen LogP contribution in [0.5, 0.6) is 11.5 Å². The number of rotatable bonds is 9. The van der Waals surface area contributed by atoms with Crippen molar-refractivity contribution in [3.63, 3.8) is 0 Å². The summed E-state index contributed by atoms with van der Waals surface area (Å²) in [6, 6.07) is 26.4. The fraction of sp³-hybridized carbons (Fsp3) is 0.0645. The third-order valence-electron chi connectivity index (χ3n) is 5.58. The van der Waals surface area contributed by atoms with Gasteiger partial charge in [-0.1, -0.05) is 34.1 Å². The molecular formula is C31H25BrN4O6. The van der Waals surface area contributed by atoms with Crippen LogP contribution in [0.4, 0.5) is 11.4 Å². The molecule has 0 atom stereocenters. The molecule has 4 rings (SSSR count). The summed E-state index contributed by atoms with van der Waals surface area (Å²) in [6.07, 6.45) is 1.32. The minimum absolute atomic E-state index is 0.151. The zero-order valence-electron chi connectivity index (χ0n) is 22.3. The number of hydrogen-bond acceptors (Lipinski definition) is 7. The number of carbonyl (C=O) groups excluding carboxylic acids is 4. The Morgan fingerprint density at radius 3 is 2.24 bits per heavy atom. The lowest BCUT2D eigenvalue weighted by Crippen LogP contribution is -2.33. The summed E-state index contributed by atoms with van der Waals surface area (Å²) >= 11 is 3.31. The number of halogens is 1. The van der Waals surface area contributed by atoms with Crippen molar-refractivity contribution in [1.29, 1.82) is 0 Å². The van der Waals surface area contributed by atoms with E-state index in [9.17, 15) is 19.2 Å². The molecule has 0 spiro atoms. The molecule has 42 heavy (non-hydrogen) atoms. The molecular weight excluding hydrogens is 604 g/mol. The van der Waals surface area contributed by atoms with Crippen molar-refractivity contribution in [1.82, 2.24) is 5.43 Å². The van der Waals surface area contributed by atoms with Gasteiger partial charge in [0, 0.05) is 10.2 Å². The first kappa shape index (κ1) is 29.7. The first-order valence-corrected chi connectivity index (χ1v) is 13.5. The van der Waals surface area contributed by atoms with E-state index in [0.717, 1.165) is 4.47 Å². The summed E-state index contributed by atoms with van der Waals surface area (Å²) in [5.74, 6) is -2.03. The molecule has 4 aromatic rings. The van der Waals surface area contributed by atoms with Crippen LogP contribution in [0, 0.1) is 0 Å². The highest BCUT2D eigenvalue weighted by Crippen LogP contribution is 2.20. The van der Waals surface area contributed by atoms with Crippen molar-refractivity contribution in [2.75, 3.05) is 17.2 Å². The maximum absolute atomic E-state index is 12.8. The first-order chi connectivity index (χ1) is 20.3. The van der Waals surface area contributed by atoms with Crippen molar-refractivity contribution < 1.29 is 28.7 Å². The highest BCUT2D eigenvalue weighted by Gasteiger charge is 2.18. The molecule has 0 saturated carbocycles. The maximum atomic E-state index is 12.8. The SMILES string of the molecule is CCOc1ccc(NC(=O)c2ccccc2NC(=O)C(=O)N/N=C/c2ccc(OC(=O)c3cccc(Br)c3)cc2)cc1. The van der Waals surface area contributed by atoms with Crippen LogP contribution in [-0.4, -0.2) is 36.5 Å². The van der Waals surface area contributed by atoms with Gasteiger partial charge in [-0.3, -0.25) is 14.4 Å². The van der Waals surface area contributed by atoms with Gasteiger partial charge in [0.1, 0.15) is 11.5 Å². The number of esters is 1. The Balaban J connectivity index is 1.30. The molecule has 4 aromatic carbocycles. The van der Waals surface area contributed by atoms with Gasteiger partial charge in [-0.25, -0.2) is 10.2 Å². The number of hydrogen-bond donors (Lipinski definition) is 3. The standard InChI is InChI=1S/C31H25BrN4O6/c1-2-41-24-16-12-23(13-17-24)34-28(37)26-8-3-4-9-27(26)35-29(38)30(39)36-33-19-20-10-14-25(15-11-20)42-31(40)21-6-5-7-22(32)18-21/h3-19H,2H2,1H3,(H,34,37)(H,35,38)(H,36,39)/b33-19+. The lowest BCUT2D eigenvalue weighted by Gasteiger charge is -2.11. The van der Waals surface area contributed by atoms with E-state index in [1.165, 1.54) is 18.3 Å². The molecule has 3 N–H and O–H groups in total. The summed E-state index contributed by atoms with van der Waals surface area (Å²) in [4.78, 5) is 49.9. The van der Waals surface area contributed by atoms with E-state index in [2.05, 4.69) is 37.1 Å². The van der Waals surface area contributed by atoms with Gasteiger partial charge >= 0.3 is 17.8 Å². The third kappa shape index (κ3) is 8.35. The number of nitrogens with one attached hydrogen (secondary N) is 3. The van der Waals surface area contributed by atoms with E-state index in [1.807, 2.05) is 6.92 Å². The maximum Gasteiger partial charge on any atom is 0.343 e. The Labute approximate surface area is 249 Å². The number of carbonyl (C=O) groups is 4. The van der Waals surface area contributed by atoms with E-state index in [1.54, 1.807) is 84.9 Å². The van der Waals surface area contributed by atoms with E-state index >= 15 is 0 Å². The van der Waals surface area contributed by atoms with Gasteiger partial charge in [-0.05, 0) is 91.3 Å². The highest BCUT2D eigenvalue weighted by molar-refractivity contribution is 9.10. The molecule has 10 nitrogen and oxygen atoms in total. The van der Waals surface area contributed by atoms with Gasteiger partial charge in [0.25, 0.3) is 5.91 Å². The van der Waals surface area contributed by atoms with Gasteiger partial charge in [0.2, 0.25) is 0 Å². The highest BCUT2D eigenvalue weighted by atomic mass is 79.9. The van der Waals surface area contributed by atoms with Crippen LogP contribution in [0.15, 0.2) is 107 Å². The van der Waals surface area contributed by atoms with Crippen LogP contribution in [-0.2, 0) is 9.59 Å². The lowest BCUT2D eigenvalue weighted by atomic mass is 10.1. The number of benzene rings is 4. The fourth-order valence-electron chi connectivity index (χ4n) is 3.59. The van der Waals surface area contributed by atoms with Crippen molar-refractivity contribution in [3.8, 4) is 11.5 Å². The minimum atomic E-state index is -1.03.